The summed E-state index contributed by atoms with van der Waals surface area (Å²) < 4.78 is 4.93. The number of ether oxygens (including phenoxy) is 1. The SMILES string of the molecule is CCCCCCCCC#COCC(C)O. The van der Waals surface area contributed by atoms with Gasteiger partial charge in [-0.1, -0.05) is 44.9 Å². The predicted octanol–water partition coefficient (Wildman–Crippen LogP) is 3.10. The first-order chi connectivity index (χ1) is 7.27. The third kappa shape index (κ3) is 13.3. The zero-order chi connectivity index (χ0) is 11.4. The molecule has 1 unspecified atom stereocenters. The standard InChI is InChI=1S/C13H24O2/c1-3-4-5-6-7-8-9-10-11-15-12-13(2)14/h13-14H,3-9,12H2,1-2H3. The van der Waals surface area contributed by atoms with Gasteiger partial charge in [-0.15, -0.1) is 0 Å². The fourth-order valence-corrected chi connectivity index (χ4v) is 1.26. The van der Waals surface area contributed by atoms with Crippen molar-refractivity contribution in [2.45, 2.75) is 64.9 Å². The molecule has 2 heteroatoms. The molecule has 88 valence electrons. The van der Waals surface area contributed by atoms with E-state index >= 15 is 0 Å². The zero-order valence-electron chi connectivity index (χ0n) is 10.1. The van der Waals surface area contributed by atoms with E-state index in [9.17, 15) is 0 Å². The van der Waals surface area contributed by atoms with Crippen LogP contribution in [0.1, 0.15) is 58.8 Å². The van der Waals surface area contributed by atoms with Gasteiger partial charge in [0.25, 0.3) is 0 Å². The second-order valence-corrected chi connectivity index (χ2v) is 3.96. The van der Waals surface area contributed by atoms with Gasteiger partial charge < -0.3 is 9.84 Å². The summed E-state index contributed by atoms with van der Waals surface area (Å²) in [6.45, 7) is 4.23. The number of aliphatic hydroxyl groups excluding tert-OH is 1. The van der Waals surface area contributed by atoms with Crippen molar-refractivity contribution in [1.29, 1.82) is 0 Å². The van der Waals surface area contributed by atoms with Gasteiger partial charge in [-0.25, -0.2) is 0 Å². The molecule has 0 saturated carbocycles. The molecule has 1 N–H and O–H groups in total. The van der Waals surface area contributed by atoms with E-state index in [0.29, 0.717) is 6.61 Å². The Morgan fingerprint density at radius 1 is 1.13 bits per heavy atom. The smallest absolute Gasteiger partial charge is 0.126 e. The Bertz CT molecular complexity index is 177. The molecule has 0 spiro atoms. The molecule has 0 saturated heterocycles. The Labute approximate surface area is 94.0 Å². The molecule has 15 heavy (non-hydrogen) atoms. The van der Waals surface area contributed by atoms with Crippen LogP contribution in [-0.2, 0) is 4.74 Å². The highest BCUT2D eigenvalue weighted by atomic mass is 16.5. The molecule has 0 aliphatic heterocycles. The summed E-state index contributed by atoms with van der Waals surface area (Å²) in [5.74, 6) is 2.95. The fourth-order valence-electron chi connectivity index (χ4n) is 1.26. The molecule has 2 nitrogen and oxygen atoms in total. The maximum absolute atomic E-state index is 8.88. The Balaban J connectivity index is 3.09. The van der Waals surface area contributed by atoms with Crippen LogP contribution in [-0.4, -0.2) is 17.8 Å². The summed E-state index contributed by atoms with van der Waals surface area (Å²) in [4.78, 5) is 0. The summed E-state index contributed by atoms with van der Waals surface area (Å²) in [7, 11) is 0. The maximum Gasteiger partial charge on any atom is 0.126 e. The topological polar surface area (TPSA) is 29.5 Å². The molecule has 1 atom stereocenters. The largest absolute Gasteiger partial charge is 0.444 e. The number of unbranched alkanes of at least 4 members (excludes halogenated alkanes) is 6. The fraction of sp³-hybridized carbons (Fsp3) is 0.846. The molecule has 0 radical (unpaired) electrons. The molecular weight excluding hydrogens is 188 g/mol. The second-order valence-electron chi connectivity index (χ2n) is 3.96. The van der Waals surface area contributed by atoms with Crippen molar-refractivity contribution < 1.29 is 9.84 Å². The van der Waals surface area contributed by atoms with E-state index in [4.69, 9.17) is 9.84 Å². The van der Waals surface area contributed by atoms with Gasteiger partial charge >= 0.3 is 0 Å². The molecule has 0 aromatic carbocycles. The van der Waals surface area contributed by atoms with Crippen molar-refractivity contribution >= 4 is 0 Å². The van der Waals surface area contributed by atoms with Crippen LogP contribution < -0.4 is 0 Å². The van der Waals surface area contributed by atoms with Gasteiger partial charge in [0.1, 0.15) is 12.7 Å². The first-order valence-corrected chi connectivity index (χ1v) is 6.05. The van der Waals surface area contributed by atoms with Crippen LogP contribution in [0.4, 0.5) is 0 Å². The lowest BCUT2D eigenvalue weighted by Gasteiger charge is -1.99. The minimum Gasteiger partial charge on any atom is -0.444 e. The van der Waals surface area contributed by atoms with Crippen LogP contribution in [0.25, 0.3) is 0 Å². The van der Waals surface area contributed by atoms with Crippen molar-refractivity contribution in [3.63, 3.8) is 0 Å². The van der Waals surface area contributed by atoms with Gasteiger partial charge in [-0.2, -0.15) is 0 Å². The van der Waals surface area contributed by atoms with Crippen molar-refractivity contribution in [3.8, 4) is 12.0 Å². The summed E-state index contributed by atoms with van der Waals surface area (Å²) in [6.07, 6.45) is 10.8. The monoisotopic (exact) mass is 212 g/mol. The minimum atomic E-state index is -0.423. The molecule has 0 amide bonds. The van der Waals surface area contributed by atoms with Gasteiger partial charge in [0.2, 0.25) is 0 Å². The first-order valence-electron chi connectivity index (χ1n) is 6.05. The molecule has 0 aromatic heterocycles. The first kappa shape index (κ1) is 14.3. The van der Waals surface area contributed by atoms with E-state index < -0.39 is 6.10 Å². The van der Waals surface area contributed by atoms with Crippen LogP contribution in [0.5, 0.6) is 0 Å². The van der Waals surface area contributed by atoms with E-state index in [0.717, 1.165) is 12.8 Å². The lowest BCUT2D eigenvalue weighted by atomic mass is 10.1. The Kier molecular flexibility index (Phi) is 10.9. The zero-order valence-corrected chi connectivity index (χ0v) is 10.1. The summed E-state index contributed by atoms with van der Waals surface area (Å²) >= 11 is 0. The molecule has 0 aliphatic carbocycles. The van der Waals surface area contributed by atoms with E-state index in [-0.39, 0.29) is 0 Å². The number of aliphatic hydroxyl groups is 1. The molecule has 0 heterocycles. The van der Waals surface area contributed by atoms with Crippen molar-refractivity contribution in [2.75, 3.05) is 6.61 Å². The highest BCUT2D eigenvalue weighted by Gasteiger charge is 1.91. The van der Waals surface area contributed by atoms with Crippen LogP contribution in [0, 0.1) is 12.0 Å². The quantitative estimate of drug-likeness (QED) is 0.495. The van der Waals surface area contributed by atoms with Gasteiger partial charge in [-0.3, -0.25) is 0 Å². The van der Waals surface area contributed by atoms with E-state index in [2.05, 4.69) is 19.0 Å². The van der Waals surface area contributed by atoms with Crippen molar-refractivity contribution in [2.24, 2.45) is 0 Å². The van der Waals surface area contributed by atoms with E-state index in [1.54, 1.807) is 6.92 Å². The molecule has 0 aromatic rings. The Morgan fingerprint density at radius 3 is 2.47 bits per heavy atom. The summed E-state index contributed by atoms with van der Waals surface area (Å²) in [5, 5.41) is 8.88. The summed E-state index contributed by atoms with van der Waals surface area (Å²) in [6, 6.07) is 0. The lowest BCUT2D eigenvalue weighted by Crippen LogP contribution is -2.07. The number of hydrogen-bond donors (Lipinski definition) is 1. The van der Waals surface area contributed by atoms with Gasteiger partial charge in [-0.05, 0) is 13.3 Å². The van der Waals surface area contributed by atoms with Crippen LogP contribution in [0.2, 0.25) is 0 Å². The summed E-state index contributed by atoms with van der Waals surface area (Å²) in [5.41, 5.74) is 0. The molecular formula is C13H24O2. The number of rotatable bonds is 8. The molecule has 0 aliphatic rings. The lowest BCUT2D eigenvalue weighted by molar-refractivity contribution is 0.107. The number of hydrogen-bond acceptors (Lipinski definition) is 2. The molecule has 0 fully saturated rings. The van der Waals surface area contributed by atoms with E-state index in [1.165, 1.54) is 32.1 Å². The molecule has 0 rings (SSSR count). The average Bonchev–Trinajstić information content (AvgIpc) is 2.20. The van der Waals surface area contributed by atoms with Crippen molar-refractivity contribution in [1.82, 2.24) is 0 Å². The predicted molar refractivity (Wildman–Crippen MR) is 63.4 cm³/mol. The van der Waals surface area contributed by atoms with Gasteiger partial charge in [0.15, 0.2) is 0 Å². The Hall–Kier alpha value is -0.680. The van der Waals surface area contributed by atoms with Crippen LogP contribution in [0.3, 0.4) is 0 Å². The Morgan fingerprint density at radius 2 is 1.80 bits per heavy atom. The van der Waals surface area contributed by atoms with Crippen LogP contribution >= 0.6 is 0 Å². The van der Waals surface area contributed by atoms with Gasteiger partial charge in [0, 0.05) is 6.42 Å². The average molecular weight is 212 g/mol. The van der Waals surface area contributed by atoms with Crippen molar-refractivity contribution in [3.05, 3.63) is 0 Å². The molecule has 0 bridgehead atoms. The van der Waals surface area contributed by atoms with E-state index in [1.807, 2.05) is 0 Å². The highest BCUT2D eigenvalue weighted by Crippen LogP contribution is 2.05. The van der Waals surface area contributed by atoms with Crippen LogP contribution in [0.15, 0.2) is 0 Å². The van der Waals surface area contributed by atoms with Gasteiger partial charge in [0.05, 0.1) is 6.10 Å². The highest BCUT2D eigenvalue weighted by molar-refractivity contribution is 4.91. The third-order valence-electron chi connectivity index (χ3n) is 2.12. The maximum atomic E-state index is 8.88. The third-order valence-corrected chi connectivity index (χ3v) is 2.12. The second kappa shape index (κ2) is 11.4. The normalized spacial score (nSPS) is 11.7. The minimum absolute atomic E-state index is 0.309.